The Labute approximate surface area is 115 Å². The lowest BCUT2D eigenvalue weighted by Crippen LogP contribution is -2.38. The van der Waals surface area contributed by atoms with Gasteiger partial charge in [-0.25, -0.2) is 17.5 Å². The number of fused-ring (bicyclic) bond motifs is 1. The Morgan fingerprint density at radius 1 is 1.15 bits per heavy atom. The lowest BCUT2D eigenvalue weighted by molar-refractivity contribution is 0.0862. The van der Waals surface area contributed by atoms with Gasteiger partial charge >= 0.3 is 6.09 Å². The molecule has 0 unspecified atom stereocenters. The fourth-order valence-corrected chi connectivity index (χ4v) is 3.85. The first-order chi connectivity index (χ1) is 9.51. The Hall–Kier alpha value is -2.09. The highest BCUT2D eigenvalue weighted by molar-refractivity contribution is 7.90. The van der Waals surface area contributed by atoms with Gasteiger partial charge in [-0.2, -0.15) is 0 Å². The maximum atomic E-state index is 12.3. The first-order valence-electron chi connectivity index (χ1n) is 6.09. The third-order valence-corrected chi connectivity index (χ3v) is 5.17. The molecule has 1 aromatic carbocycles. The van der Waals surface area contributed by atoms with Gasteiger partial charge in [0.2, 0.25) is 0 Å². The van der Waals surface area contributed by atoms with E-state index in [2.05, 4.69) is 0 Å². The van der Waals surface area contributed by atoms with Crippen molar-refractivity contribution in [1.82, 2.24) is 9.21 Å². The standard InChI is InChI=1S/C12H12N2O5S/c15-11-9-3-1-2-4-10(9)20(17,18)14(11)6-5-13-7-8-19-12(13)16/h1-4H,5-8H2. The number of sulfonamides is 1. The normalized spacial score (nSPS) is 20.2. The van der Waals surface area contributed by atoms with Crippen molar-refractivity contribution in [3.8, 4) is 0 Å². The second-order valence-electron chi connectivity index (χ2n) is 4.48. The molecule has 7 nitrogen and oxygen atoms in total. The van der Waals surface area contributed by atoms with E-state index in [0.717, 1.165) is 4.31 Å². The second kappa shape index (κ2) is 4.48. The Kier molecular flexibility index (Phi) is 2.89. The second-order valence-corrected chi connectivity index (χ2v) is 6.31. The number of hydrogen-bond donors (Lipinski definition) is 0. The summed E-state index contributed by atoms with van der Waals surface area (Å²) in [5.74, 6) is -0.548. The molecule has 8 heteroatoms. The number of nitrogens with zero attached hydrogens (tertiary/aromatic N) is 2. The summed E-state index contributed by atoms with van der Waals surface area (Å²) in [6.07, 6.45) is -0.480. The van der Waals surface area contributed by atoms with Gasteiger partial charge in [0, 0.05) is 6.54 Å². The molecule has 1 saturated heterocycles. The van der Waals surface area contributed by atoms with Crippen LogP contribution in [0, 0.1) is 0 Å². The molecule has 0 spiro atoms. The van der Waals surface area contributed by atoms with E-state index >= 15 is 0 Å². The monoisotopic (exact) mass is 296 g/mol. The van der Waals surface area contributed by atoms with Crippen molar-refractivity contribution < 1.29 is 22.7 Å². The molecule has 106 valence electrons. The van der Waals surface area contributed by atoms with Crippen LogP contribution in [0.15, 0.2) is 29.2 Å². The van der Waals surface area contributed by atoms with E-state index < -0.39 is 22.0 Å². The molecule has 2 heterocycles. The third kappa shape index (κ3) is 1.83. The maximum absolute atomic E-state index is 12.3. The van der Waals surface area contributed by atoms with Crippen molar-refractivity contribution in [2.45, 2.75) is 4.90 Å². The number of hydrogen-bond acceptors (Lipinski definition) is 5. The van der Waals surface area contributed by atoms with Gasteiger partial charge < -0.3 is 9.64 Å². The number of carbonyl (C=O) groups excluding carboxylic acids is 2. The van der Waals surface area contributed by atoms with Gasteiger partial charge in [-0.1, -0.05) is 12.1 Å². The third-order valence-electron chi connectivity index (χ3n) is 3.33. The van der Waals surface area contributed by atoms with Crippen molar-refractivity contribution in [1.29, 1.82) is 0 Å². The van der Waals surface area contributed by atoms with E-state index in [1.165, 1.54) is 17.0 Å². The Morgan fingerprint density at radius 3 is 2.55 bits per heavy atom. The molecule has 3 rings (SSSR count). The predicted molar refractivity (Wildman–Crippen MR) is 67.6 cm³/mol. The van der Waals surface area contributed by atoms with Gasteiger partial charge in [-0.15, -0.1) is 0 Å². The van der Waals surface area contributed by atoms with Crippen LogP contribution in [-0.4, -0.2) is 55.9 Å². The zero-order valence-electron chi connectivity index (χ0n) is 10.5. The average Bonchev–Trinajstić information content (AvgIpc) is 2.91. The molecule has 2 amide bonds. The van der Waals surface area contributed by atoms with Crippen LogP contribution < -0.4 is 0 Å². The van der Waals surface area contributed by atoms with Gasteiger partial charge in [0.05, 0.1) is 18.7 Å². The Morgan fingerprint density at radius 2 is 1.90 bits per heavy atom. The highest BCUT2D eigenvalue weighted by Crippen LogP contribution is 2.29. The molecule has 2 aliphatic rings. The number of rotatable bonds is 3. The summed E-state index contributed by atoms with van der Waals surface area (Å²) in [4.78, 5) is 24.8. The lowest BCUT2D eigenvalue weighted by atomic mass is 10.2. The van der Waals surface area contributed by atoms with Crippen molar-refractivity contribution >= 4 is 22.0 Å². The van der Waals surface area contributed by atoms with Crippen LogP contribution in [0.3, 0.4) is 0 Å². The Bertz CT molecular complexity index is 685. The predicted octanol–water partition coefficient (Wildman–Crippen LogP) is 0.283. The van der Waals surface area contributed by atoms with Crippen LogP contribution in [0.4, 0.5) is 4.79 Å². The fraction of sp³-hybridized carbons (Fsp3) is 0.333. The van der Waals surface area contributed by atoms with Crippen LogP contribution in [0.25, 0.3) is 0 Å². The number of cyclic esters (lactones) is 1. The highest BCUT2D eigenvalue weighted by Gasteiger charge is 2.41. The minimum atomic E-state index is -3.80. The van der Waals surface area contributed by atoms with Crippen LogP contribution >= 0.6 is 0 Å². The van der Waals surface area contributed by atoms with Gasteiger partial charge in [-0.05, 0) is 12.1 Å². The molecule has 0 N–H and O–H groups in total. The van der Waals surface area contributed by atoms with Crippen molar-refractivity contribution in [2.75, 3.05) is 26.2 Å². The summed E-state index contributed by atoms with van der Waals surface area (Å²) in [6, 6.07) is 6.09. The van der Waals surface area contributed by atoms with Crippen LogP contribution in [-0.2, 0) is 14.8 Å². The van der Waals surface area contributed by atoms with E-state index in [-0.39, 0.29) is 23.5 Å². The molecule has 2 aliphatic heterocycles. The topological polar surface area (TPSA) is 84.0 Å². The van der Waals surface area contributed by atoms with Crippen LogP contribution in [0.2, 0.25) is 0 Å². The zero-order valence-corrected chi connectivity index (χ0v) is 11.3. The number of amides is 2. The van der Waals surface area contributed by atoms with Gasteiger partial charge in [-0.3, -0.25) is 4.79 Å². The maximum Gasteiger partial charge on any atom is 0.410 e. The van der Waals surface area contributed by atoms with Crippen molar-refractivity contribution in [3.63, 3.8) is 0 Å². The van der Waals surface area contributed by atoms with E-state index in [9.17, 15) is 18.0 Å². The largest absolute Gasteiger partial charge is 0.448 e. The van der Waals surface area contributed by atoms with E-state index in [1.807, 2.05) is 0 Å². The van der Waals surface area contributed by atoms with Gasteiger partial charge in [0.15, 0.2) is 0 Å². The zero-order chi connectivity index (χ0) is 14.3. The summed E-state index contributed by atoms with van der Waals surface area (Å²) >= 11 is 0. The highest BCUT2D eigenvalue weighted by atomic mass is 32.2. The first kappa shape index (κ1) is 12.9. The molecule has 20 heavy (non-hydrogen) atoms. The summed E-state index contributed by atoms with van der Waals surface area (Å²) in [5.41, 5.74) is 0.177. The summed E-state index contributed by atoms with van der Waals surface area (Å²) in [6.45, 7) is 0.774. The van der Waals surface area contributed by atoms with Crippen molar-refractivity contribution in [3.05, 3.63) is 29.8 Å². The molecular formula is C12H12N2O5S. The molecular weight excluding hydrogens is 284 g/mol. The fourth-order valence-electron chi connectivity index (χ4n) is 2.29. The molecule has 0 bridgehead atoms. The molecule has 1 aromatic rings. The molecule has 1 fully saturated rings. The van der Waals surface area contributed by atoms with E-state index in [1.54, 1.807) is 12.1 Å². The quantitative estimate of drug-likeness (QED) is 0.800. The van der Waals surface area contributed by atoms with E-state index in [0.29, 0.717) is 13.2 Å². The molecule has 0 atom stereocenters. The first-order valence-corrected chi connectivity index (χ1v) is 7.53. The van der Waals surface area contributed by atoms with E-state index in [4.69, 9.17) is 4.74 Å². The summed E-state index contributed by atoms with van der Waals surface area (Å²) in [5, 5.41) is 0. The molecule has 0 aromatic heterocycles. The Balaban J connectivity index is 1.82. The van der Waals surface area contributed by atoms with Crippen LogP contribution in [0.1, 0.15) is 10.4 Å². The summed E-state index contributed by atoms with van der Waals surface area (Å²) in [7, 11) is -3.80. The number of benzene rings is 1. The minimum absolute atomic E-state index is 0.0222. The smallest absolute Gasteiger partial charge is 0.410 e. The minimum Gasteiger partial charge on any atom is -0.448 e. The average molecular weight is 296 g/mol. The number of carbonyl (C=O) groups is 2. The van der Waals surface area contributed by atoms with Crippen LogP contribution in [0.5, 0.6) is 0 Å². The SMILES string of the molecule is O=C1OCCN1CCN1C(=O)c2ccccc2S1(=O)=O. The molecule has 0 radical (unpaired) electrons. The summed E-state index contributed by atoms with van der Waals surface area (Å²) < 4.78 is 30.1. The molecule has 0 aliphatic carbocycles. The number of ether oxygens (including phenoxy) is 1. The lowest BCUT2D eigenvalue weighted by Gasteiger charge is -2.18. The van der Waals surface area contributed by atoms with Crippen molar-refractivity contribution in [2.24, 2.45) is 0 Å². The van der Waals surface area contributed by atoms with Gasteiger partial charge in [0.1, 0.15) is 11.5 Å². The molecule has 0 saturated carbocycles. The van der Waals surface area contributed by atoms with Gasteiger partial charge in [0.25, 0.3) is 15.9 Å².